The topological polar surface area (TPSA) is 38.7 Å². The molecule has 5 aromatic carbocycles. The Morgan fingerprint density at radius 1 is 0.455 bits per heavy atom. The van der Waals surface area contributed by atoms with Crippen LogP contribution in [0.3, 0.4) is 0 Å². The summed E-state index contributed by atoms with van der Waals surface area (Å²) in [6.07, 6.45) is 0. The third-order valence-electron chi connectivity index (χ3n) is 5.87. The number of hydrogen-bond donors (Lipinski definition) is 0. The molecule has 156 valence electrons. The molecule has 6 aromatic rings. The zero-order chi connectivity index (χ0) is 22.2. The minimum absolute atomic E-state index is 0.176. The fourth-order valence-electron chi connectivity index (χ4n) is 4.39. The van der Waals surface area contributed by atoms with Crippen molar-refractivity contribution >= 4 is 33.1 Å². The second-order valence-electron chi connectivity index (χ2n) is 7.85. The van der Waals surface area contributed by atoms with Crippen LogP contribution < -0.4 is 0 Å². The Balaban J connectivity index is 1.63. The van der Waals surface area contributed by atoms with E-state index in [1.807, 2.05) is 42.5 Å². The number of benzene rings is 5. The molecule has 0 radical (unpaired) electrons. The maximum Gasteiger partial charge on any atom is 0.226 e. The molecule has 33 heavy (non-hydrogen) atoms. The Morgan fingerprint density at radius 2 is 1.06 bits per heavy atom. The van der Waals surface area contributed by atoms with Crippen LogP contribution in [0.15, 0.2) is 109 Å². The van der Waals surface area contributed by atoms with E-state index in [1.54, 1.807) is 0 Å². The lowest BCUT2D eigenvalue weighted by atomic mass is 9.93. The van der Waals surface area contributed by atoms with E-state index in [1.165, 1.54) is 0 Å². The molecular weight excluding hydrogens is 426 g/mol. The molecule has 6 rings (SSSR count). The zero-order valence-electron chi connectivity index (χ0n) is 17.6. The third-order valence-corrected chi connectivity index (χ3v) is 6.04. The Hall–Kier alpha value is -4.08. The average Bonchev–Trinajstić information content (AvgIpc) is 2.88. The van der Waals surface area contributed by atoms with Gasteiger partial charge in [0.05, 0.1) is 0 Å². The number of halogens is 1. The molecule has 0 fully saturated rings. The van der Waals surface area contributed by atoms with Crippen molar-refractivity contribution in [2.45, 2.75) is 0 Å². The first kappa shape index (κ1) is 19.6. The minimum Gasteiger partial charge on any atom is -0.208 e. The Labute approximate surface area is 196 Å². The van der Waals surface area contributed by atoms with Gasteiger partial charge in [-0.2, -0.15) is 9.97 Å². The first-order valence-corrected chi connectivity index (χ1v) is 11.1. The van der Waals surface area contributed by atoms with Crippen molar-refractivity contribution in [3.8, 4) is 33.9 Å². The Bertz CT molecular complexity index is 1620. The summed E-state index contributed by atoms with van der Waals surface area (Å²) in [4.78, 5) is 13.9. The summed E-state index contributed by atoms with van der Waals surface area (Å²) in [7, 11) is 0. The van der Waals surface area contributed by atoms with Crippen LogP contribution in [0, 0.1) is 0 Å². The fraction of sp³-hybridized carbons (Fsp3) is 0. The van der Waals surface area contributed by atoms with E-state index in [2.05, 4.69) is 76.7 Å². The standard InChI is InChI=1S/C29H18ClN3/c30-29-32-27(24-16-8-13-19-9-4-6-14-22(19)24)31-28(33-29)25-18-17-20-10-5-7-15-23(20)26(25)21-11-2-1-3-12-21/h1-18H. The average molecular weight is 444 g/mol. The van der Waals surface area contributed by atoms with Gasteiger partial charge >= 0.3 is 0 Å². The van der Waals surface area contributed by atoms with Crippen LogP contribution in [0.4, 0.5) is 0 Å². The van der Waals surface area contributed by atoms with E-state index in [4.69, 9.17) is 16.6 Å². The maximum atomic E-state index is 6.46. The van der Waals surface area contributed by atoms with Crippen molar-refractivity contribution in [1.29, 1.82) is 0 Å². The molecule has 0 N–H and O–H groups in total. The molecule has 1 aromatic heterocycles. The SMILES string of the molecule is Clc1nc(-c2ccc3ccccc3c2-c2ccccc2)nc(-c2cccc3ccccc23)n1. The summed E-state index contributed by atoms with van der Waals surface area (Å²) in [6, 6.07) is 37.2. The summed E-state index contributed by atoms with van der Waals surface area (Å²) in [5, 5.41) is 4.69. The van der Waals surface area contributed by atoms with E-state index >= 15 is 0 Å². The summed E-state index contributed by atoms with van der Waals surface area (Å²) < 4.78 is 0. The van der Waals surface area contributed by atoms with Crippen LogP contribution in [-0.2, 0) is 0 Å². The molecule has 0 bridgehead atoms. The van der Waals surface area contributed by atoms with Gasteiger partial charge in [0.2, 0.25) is 5.28 Å². The first-order valence-electron chi connectivity index (χ1n) is 10.8. The number of nitrogens with zero attached hydrogens (tertiary/aromatic N) is 3. The molecule has 0 aliphatic rings. The van der Waals surface area contributed by atoms with E-state index in [0.29, 0.717) is 11.6 Å². The van der Waals surface area contributed by atoms with Gasteiger partial charge in [0.1, 0.15) is 0 Å². The Kier molecular flexibility index (Phi) is 4.82. The lowest BCUT2D eigenvalue weighted by Gasteiger charge is -2.14. The van der Waals surface area contributed by atoms with Crippen LogP contribution in [0.5, 0.6) is 0 Å². The number of fused-ring (bicyclic) bond motifs is 2. The van der Waals surface area contributed by atoms with Gasteiger partial charge in [0.15, 0.2) is 11.6 Å². The lowest BCUT2D eigenvalue weighted by Crippen LogP contribution is -1.99. The summed E-state index contributed by atoms with van der Waals surface area (Å²) in [5.74, 6) is 1.12. The van der Waals surface area contributed by atoms with Gasteiger partial charge < -0.3 is 0 Å². The third kappa shape index (κ3) is 3.53. The highest BCUT2D eigenvalue weighted by molar-refractivity contribution is 6.28. The van der Waals surface area contributed by atoms with Crippen molar-refractivity contribution in [2.24, 2.45) is 0 Å². The van der Waals surface area contributed by atoms with Gasteiger partial charge in [-0.25, -0.2) is 4.98 Å². The fourth-order valence-corrected chi connectivity index (χ4v) is 4.55. The molecule has 0 aliphatic carbocycles. The summed E-state index contributed by atoms with van der Waals surface area (Å²) >= 11 is 6.46. The highest BCUT2D eigenvalue weighted by Gasteiger charge is 2.17. The second-order valence-corrected chi connectivity index (χ2v) is 8.19. The van der Waals surface area contributed by atoms with Crippen molar-refractivity contribution in [2.75, 3.05) is 0 Å². The van der Waals surface area contributed by atoms with Gasteiger partial charge in [0, 0.05) is 16.7 Å². The summed E-state index contributed by atoms with van der Waals surface area (Å²) in [6.45, 7) is 0. The number of rotatable bonds is 3. The van der Waals surface area contributed by atoms with Gasteiger partial charge in [-0.05, 0) is 44.8 Å². The van der Waals surface area contributed by atoms with Gasteiger partial charge in [-0.15, -0.1) is 0 Å². The largest absolute Gasteiger partial charge is 0.226 e. The van der Waals surface area contributed by atoms with E-state index in [0.717, 1.165) is 43.8 Å². The van der Waals surface area contributed by atoms with Crippen LogP contribution in [0.25, 0.3) is 55.4 Å². The highest BCUT2D eigenvalue weighted by Crippen LogP contribution is 2.38. The van der Waals surface area contributed by atoms with Crippen molar-refractivity contribution < 1.29 is 0 Å². The maximum absolute atomic E-state index is 6.46. The van der Waals surface area contributed by atoms with Gasteiger partial charge in [-0.1, -0.05) is 103 Å². The molecule has 1 heterocycles. The van der Waals surface area contributed by atoms with E-state index in [9.17, 15) is 0 Å². The molecular formula is C29H18ClN3. The van der Waals surface area contributed by atoms with Crippen molar-refractivity contribution in [3.63, 3.8) is 0 Å². The second kappa shape index (κ2) is 8.12. The molecule has 0 spiro atoms. The van der Waals surface area contributed by atoms with Crippen LogP contribution in [0.1, 0.15) is 0 Å². The molecule has 0 saturated carbocycles. The highest BCUT2D eigenvalue weighted by atomic mass is 35.5. The zero-order valence-corrected chi connectivity index (χ0v) is 18.4. The normalized spacial score (nSPS) is 11.2. The molecule has 3 nitrogen and oxygen atoms in total. The smallest absolute Gasteiger partial charge is 0.208 e. The molecule has 4 heteroatoms. The lowest BCUT2D eigenvalue weighted by molar-refractivity contribution is 1.07. The molecule has 0 unspecified atom stereocenters. The minimum atomic E-state index is 0.176. The van der Waals surface area contributed by atoms with Crippen molar-refractivity contribution in [3.05, 3.63) is 114 Å². The first-order chi connectivity index (χ1) is 16.3. The predicted molar refractivity (Wildman–Crippen MR) is 136 cm³/mol. The van der Waals surface area contributed by atoms with E-state index in [-0.39, 0.29) is 5.28 Å². The molecule has 0 atom stereocenters. The number of aromatic nitrogens is 3. The predicted octanol–water partition coefficient (Wildman–Crippen LogP) is 7.83. The summed E-state index contributed by atoms with van der Waals surface area (Å²) in [5.41, 5.74) is 4.04. The quantitative estimate of drug-likeness (QED) is 0.279. The monoisotopic (exact) mass is 443 g/mol. The van der Waals surface area contributed by atoms with Crippen molar-refractivity contribution in [1.82, 2.24) is 15.0 Å². The molecule has 0 amide bonds. The van der Waals surface area contributed by atoms with Crippen LogP contribution in [-0.4, -0.2) is 15.0 Å². The molecule has 0 saturated heterocycles. The van der Waals surface area contributed by atoms with Gasteiger partial charge in [-0.3, -0.25) is 0 Å². The van der Waals surface area contributed by atoms with Crippen LogP contribution >= 0.6 is 11.6 Å². The molecule has 0 aliphatic heterocycles. The van der Waals surface area contributed by atoms with E-state index < -0.39 is 0 Å². The Morgan fingerprint density at radius 3 is 1.85 bits per heavy atom. The number of hydrogen-bond acceptors (Lipinski definition) is 3. The van der Waals surface area contributed by atoms with Gasteiger partial charge in [0.25, 0.3) is 0 Å². The van der Waals surface area contributed by atoms with Crippen LogP contribution in [0.2, 0.25) is 5.28 Å².